The van der Waals surface area contributed by atoms with Gasteiger partial charge in [-0.3, -0.25) is 0 Å². The van der Waals surface area contributed by atoms with Crippen LogP contribution in [0.4, 0.5) is 4.79 Å². The highest BCUT2D eigenvalue weighted by Gasteiger charge is 2.15. The number of halogens is 1. The molecule has 1 aromatic carbocycles. The number of aromatic nitrogens is 2. The third-order valence-corrected chi connectivity index (χ3v) is 3.59. The molecule has 0 spiro atoms. The van der Waals surface area contributed by atoms with E-state index in [0.717, 1.165) is 5.56 Å². The minimum Gasteiger partial charge on any atom is -0.444 e. The van der Waals surface area contributed by atoms with Crippen LogP contribution in [0.3, 0.4) is 0 Å². The smallest absolute Gasteiger partial charge is 0.407 e. The molecule has 1 heterocycles. The van der Waals surface area contributed by atoms with Crippen molar-refractivity contribution in [1.82, 2.24) is 26.1 Å². The predicted molar refractivity (Wildman–Crippen MR) is 112 cm³/mol. The summed E-state index contributed by atoms with van der Waals surface area (Å²) in [6, 6.07) is 7.22. The van der Waals surface area contributed by atoms with E-state index in [1.54, 1.807) is 12.1 Å². The second-order valence-electron chi connectivity index (χ2n) is 7.07. The second kappa shape index (κ2) is 10.7. The van der Waals surface area contributed by atoms with Crippen LogP contribution >= 0.6 is 11.6 Å². The minimum atomic E-state index is -0.526. The fourth-order valence-corrected chi connectivity index (χ4v) is 2.40. The Hall–Kier alpha value is -2.81. The summed E-state index contributed by atoms with van der Waals surface area (Å²) in [6.45, 7) is 9.16. The molecule has 0 aliphatic rings. The molecular formula is C19H27ClN6O3. The highest BCUT2D eigenvalue weighted by atomic mass is 35.5. The van der Waals surface area contributed by atoms with Crippen molar-refractivity contribution in [3.63, 3.8) is 0 Å². The quantitative estimate of drug-likeness (QED) is 0.357. The average molecular weight is 423 g/mol. The molecule has 0 bridgehead atoms. The number of nitrogens with one attached hydrogen (secondary N) is 3. The summed E-state index contributed by atoms with van der Waals surface area (Å²) in [6.07, 6.45) is -0.458. The maximum atomic E-state index is 11.6. The van der Waals surface area contributed by atoms with Crippen LogP contribution in [-0.4, -0.2) is 47.4 Å². The van der Waals surface area contributed by atoms with Crippen molar-refractivity contribution in [1.29, 1.82) is 0 Å². The van der Waals surface area contributed by atoms with E-state index in [-0.39, 0.29) is 6.54 Å². The number of hydrogen-bond acceptors (Lipinski definition) is 6. The van der Waals surface area contributed by atoms with E-state index in [1.807, 2.05) is 39.8 Å². The number of alkyl carbamates (subject to hydrolysis) is 1. The Morgan fingerprint density at radius 2 is 2.00 bits per heavy atom. The van der Waals surface area contributed by atoms with Gasteiger partial charge in [-0.2, -0.15) is 4.98 Å². The highest BCUT2D eigenvalue weighted by Crippen LogP contribution is 2.20. The number of carbonyl (C=O) groups excluding carboxylic acids is 1. The van der Waals surface area contributed by atoms with Gasteiger partial charge in [0, 0.05) is 30.2 Å². The van der Waals surface area contributed by atoms with Crippen LogP contribution in [0.2, 0.25) is 5.02 Å². The SMILES string of the molecule is CCNC(=NCc1nc(-c2cccc(Cl)c2)no1)NCCNC(=O)OC(C)(C)C. The summed E-state index contributed by atoms with van der Waals surface area (Å²) < 4.78 is 10.4. The van der Waals surface area contributed by atoms with E-state index in [1.165, 1.54) is 0 Å². The van der Waals surface area contributed by atoms with E-state index in [2.05, 4.69) is 31.1 Å². The van der Waals surface area contributed by atoms with Crippen molar-refractivity contribution in [2.24, 2.45) is 4.99 Å². The molecule has 0 fully saturated rings. The first-order chi connectivity index (χ1) is 13.8. The Kier molecular flexibility index (Phi) is 8.26. The largest absolute Gasteiger partial charge is 0.444 e. The Bertz CT molecular complexity index is 831. The Morgan fingerprint density at radius 1 is 1.24 bits per heavy atom. The van der Waals surface area contributed by atoms with E-state index < -0.39 is 11.7 Å². The van der Waals surface area contributed by atoms with Crippen molar-refractivity contribution in [3.8, 4) is 11.4 Å². The Balaban J connectivity index is 1.85. The van der Waals surface area contributed by atoms with Gasteiger partial charge in [-0.15, -0.1) is 0 Å². The topological polar surface area (TPSA) is 114 Å². The van der Waals surface area contributed by atoms with Gasteiger partial charge in [0.15, 0.2) is 5.96 Å². The van der Waals surface area contributed by atoms with Crippen molar-refractivity contribution in [2.75, 3.05) is 19.6 Å². The summed E-state index contributed by atoms with van der Waals surface area (Å²) in [5.74, 6) is 1.40. The summed E-state index contributed by atoms with van der Waals surface area (Å²) in [5, 5.41) is 13.5. The number of benzene rings is 1. The zero-order valence-corrected chi connectivity index (χ0v) is 17.8. The van der Waals surface area contributed by atoms with Gasteiger partial charge >= 0.3 is 6.09 Å². The van der Waals surface area contributed by atoms with Gasteiger partial charge in [0.1, 0.15) is 12.1 Å². The molecule has 0 saturated carbocycles. The van der Waals surface area contributed by atoms with Gasteiger partial charge in [-0.1, -0.05) is 28.9 Å². The fraction of sp³-hybridized carbons (Fsp3) is 0.474. The minimum absolute atomic E-state index is 0.211. The van der Waals surface area contributed by atoms with Crippen molar-refractivity contribution in [3.05, 3.63) is 35.2 Å². The zero-order valence-electron chi connectivity index (χ0n) is 17.1. The number of amides is 1. The van der Waals surface area contributed by atoms with Gasteiger partial charge in [-0.05, 0) is 39.8 Å². The van der Waals surface area contributed by atoms with Crippen LogP contribution in [0, 0.1) is 0 Å². The lowest BCUT2D eigenvalue weighted by molar-refractivity contribution is 0.0529. The Morgan fingerprint density at radius 3 is 2.69 bits per heavy atom. The first-order valence-corrected chi connectivity index (χ1v) is 9.72. The number of guanidine groups is 1. The highest BCUT2D eigenvalue weighted by molar-refractivity contribution is 6.30. The molecule has 3 N–H and O–H groups in total. The predicted octanol–water partition coefficient (Wildman–Crippen LogP) is 2.97. The molecule has 0 saturated heterocycles. The molecule has 1 aromatic heterocycles. The van der Waals surface area contributed by atoms with Gasteiger partial charge in [0.05, 0.1) is 0 Å². The molecule has 0 atom stereocenters. The molecule has 9 nitrogen and oxygen atoms in total. The van der Waals surface area contributed by atoms with Gasteiger partial charge < -0.3 is 25.2 Å². The third-order valence-electron chi connectivity index (χ3n) is 3.35. The van der Waals surface area contributed by atoms with E-state index >= 15 is 0 Å². The summed E-state index contributed by atoms with van der Waals surface area (Å²) in [5.41, 5.74) is 0.247. The lowest BCUT2D eigenvalue weighted by Gasteiger charge is -2.19. The van der Waals surface area contributed by atoms with E-state index in [0.29, 0.717) is 42.3 Å². The number of carbonyl (C=O) groups is 1. The zero-order chi connectivity index (χ0) is 21.3. The maximum absolute atomic E-state index is 11.6. The van der Waals surface area contributed by atoms with Crippen LogP contribution in [-0.2, 0) is 11.3 Å². The molecule has 2 rings (SSSR count). The van der Waals surface area contributed by atoms with Crippen molar-refractivity contribution < 1.29 is 14.1 Å². The molecule has 29 heavy (non-hydrogen) atoms. The average Bonchev–Trinajstić information content (AvgIpc) is 3.11. The van der Waals surface area contributed by atoms with Gasteiger partial charge in [-0.25, -0.2) is 9.79 Å². The van der Waals surface area contributed by atoms with Crippen LogP contribution in [0.15, 0.2) is 33.8 Å². The fourth-order valence-electron chi connectivity index (χ4n) is 2.21. The summed E-state index contributed by atoms with van der Waals surface area (Å²) >= 11 is 5.99. The third kappa shape index (κ3) is 8.39. The normalized spacial score (nSPS) is 11.8. The lowest BCUT2D eigenvalue weighted by atomic mass is 10.2. The van der Waals surface area contributed by atoms with Crippen molar-refractivity contribution in [2.45, 2.75) is 39.8 Å². The first-order valence-electron chi connectivity index (χ1n) is 9.34. The monoisotopic (exact) mass is 422 g/mol. The molecule has 0 radical (unpaired) electrons. The second-order valence-corrected chi connectivity index (χ2v) is 7.51. The van der Waals surface area contributed by atoms with Gasteiger partial charge in [0.25, 0.3) is 0 Å². The first kappa shape index (κ1) is 22.5. The van der Waals surface area contributed by atoms with E-state index in [4.69, 9.17) is 20.9 Å². The van der Waals surface area contributed by atoms with Crippen molar-refractivity contribution >= 4 is 23.7 Å². The van der Waals surface area contributed by atoms with Crippen LogP contribution in [0.25, 0.3) is 11.4 Å². The number of nitrogens with zero attached hydrogens (tertiary/aromatic N) is 3. The number of hydrogen-bond donors (Lipinski definition) is 3. The van der Waals surface area contributed by atoms with Gasteiger partial charge in [0.2, 0.25) is 11.7 Å². The van der Waals surface area contributed by atoms with Crippen LogP contribution < -0.4 is 16.0 Å². The molecule has 158 valence electrons. The van der Waals surface area contributed by atoms with Crippen LogP contribution in [0.1, 0.15) is 33.6 Å². The molecule has 1 amide bonds. The molecule has 0 aliphatic carbocycles. The van der Waals surface area contributed by atoms with Crippen LogP contribution in [0.5, 0.6) is 0 Å². The molecular weight excluding hydrogens is 396 g/mol. The summed E-state index contributed by atoms with van der Waals surface area (Å²) in [7, 11) is 0. The number of aliphatic imine (C=N–C) groups is 1. The van der Waals surface area contributed by atoms with E-state index in [9.17, 15) is 4.79 Å². The lowest BCUT2D eigenvalue weighted by Crippen LogP contribution is -2.42. The number of ether oxygens (including phenoxy) is 1. The molecule has 2 aromatic rings. The Labute approximate surface area is 175 Å². The summed E-state index contributed by atoms with van der Waals surface area (Å²) in [4.78, 5) is 20.4. The molecule has 0 aliphatic heterocycles. The number of rotatable bonds is 7. The maximum Gasteiger partial charge on any atom is 0.407 e. The standard InChI is InChI=1S/C19H27ClN6O3/c1-5-21-17(22-9-10-23-18(27)28-19(2,3)4)24-12-15-25-16(26-29-15)13-7-6-8-14(20)11-13/h6-8,11H,5,9-10,12H2,1-4H3,(H,23,27)(H2,21,22,24). The molecule has 10 heteroatoms. The molecule has 0 unspecified atom stereocenters.